The molecule has 3 rings (SSSR count). The number of carbonyl (C=O) groups is 1. The van der Waals surface area contributed by atoms with Gasteiger partial charge in [0.15, 0.2) is 11.6 Å². The lowest BCUT2D eigenvalue weighted by Gasteiger charge is -2.23. The van der Waals surface area contributed by atoms with Crippen molar-refractivity contribution in [3.05, 3.63) is 51.7 Å². The van der Waals surface area contributed by atoms with E-state index in [2.05, 4.69) is 21.0 Å². The third-order valence-corrected chi connectivity index (χ3v) is 5.92. The van der Waals surface area contributed by atoms with Gasteiger partial charge in [0, 0.05) is 37.1 Å². The van der Waals surface area contributed by atoms with Crippen molar-refractivity contribution in [3.63, 3.8) is 0 Å². The number of amides is 2. The van der Waals surface area contributed by atoms with Crippen molar-refractivity contribution in [1.29, 1.82) is 5.41 Å². The van der Waals surface area contributed by atoms with Crippen LogP contribution in [0.1, 0.15) is 24.5 Å². The molecule has 0 aromatic carbocycles. The summed E-state index contributed by atoms with van der Waals surface area (Å²) in [5, 5.41) is 34.2. The Labute approximate surface area is 191 Å². The number of β-amino-alcohol motifs (C(OH)–C–C–N with tert-alkyl or cyclic N) is 1. The zero-order valence-electron chi connectivity index (χ0n) is 18.4. The Hall–Kier alpha value is -2.88. The first kappa shape index (κ1) is 23.8. The van der Waals surface area contributed by atoms with E-state index in [1.807, 2.05) is 31.2 Å². The van der Waals surface area contributed by atoms with Crippen LogP contribution in [-0.2, 0) is 5.72 Å². The highest BCUT2D eigenvalue weighted by molar-refractivity contribution is 7.10. The van der Waals surface area contributed by atoms with Crippen LogP contribution in [0.4, 0.5) is 4.79 Å². The molecule has 0 radical (unpaired) electrons. The first-order chi connectivity index (χ1) is 15.3. The van der Waals surface area contributed by atoms with Crippen molar-refractivity contribution in [2.75, 3.05) is 39.8 Å². The number of aliphatic hydroxyl groups is 2. The number of hydrogen-bond acceptors (Lipinski definition) is 8. The van der Waals surface area contributed by atoms with Gasteiger partial charge in [-0.1, -0.05) is 12.2 Å². The van der Waals surface area contributed by atoms with E-state index in [1.165, 1.54) is 28.1 Å². The summed E-state index contributed by atoms with van der Waals surface area (Å²) in [6.07, 6.45) is 7.65. The average Bonchev–Trinajstić information content (AvgIpc) is 3.32. The standard InChI is InChI=1S/C22H28N6O3S/c1-15-5-4-6-16(8-7-15)20-25-18(14-32-20)22(2,31)26-17(13-24-3)19(23)28-10-9-27(11-12-29)21(28)30/h4,6-8,14,23-24,29,31H,9-13H2,1-3H3. The lowest BCUT2D eigenvalue weighted by Crippen LogP contribution is -2.44. The van der Waals surface area contributed by atoms with Crippen molar-refractivity contribution in [3.8, 4) is 0 Å². The largest absolute Gasteiger partial charge is 0.395 e. The molecule has 2 amide bonds. The molecule has 0 saturated carbocycles. The Morgan fingerprint density at radius 1 is 1.44 bits per heavy atom. The van der Waals surface area contributed by atoms with Gasteiger partial charge >= 0.3 is 6.03 Å². The van der Waals surface area contributed by atoms with Crippen LogP contribution in [0.2, 0.25) is 0 Å². The molecule has 10 heteroatoms. The van der Waals surface area contributed by atoms with E-state index in [0.29, 0.717) is 18.8 Å². The van der Waals surface area contributed by atoms with Crippen molar-refractivity contribution < 1.29 is 15.0 Å². The summed E-state index contributed by atoms with van der Waals surface area (Å²) in [6, 6.07) is -0.354. The maximum absolute atomic E-state index is 12.5. The van der Waals surface area contributed by atoms with Gasteiger partial charge in [0.05, 0.1) is 12.3 Å². The molecular formula is C22H28N6O3S. The topological polar surface area (TPSA) is 125 Å². The number of urea groups is 1. The number of hydrogen-bond donors (Lipinski definition) is 4. The molecule has 2 aliphatic rings. The summed E-state index contributed by atoms with van der Waals surface area (Å²) in [7, 11) is 1.71. The molecule has 9 nitrogen and oxygen atoms in total. The molecule has 1 unspecified atom stereocenters. The van der Waals surface area contributed by atoms with Crippen molar-refractivity contribution >= 4 is 34.5 Å². The maximum Gasteiger partial charge on any atom is 0.325 e. The van der Waals surface area contributed by atoms with Crippen LogP contribution in [0.5, 0.6) is 0 Å². The number of aliphatic hydroxyl groups excluding tert-OH is 1. The molecule has 1 aromatic heterocycles. The smallest absolute Gasteiger partial charge is 0.325 e. The molecule has 1 aliphatic heterocycles. The maximum atomic E-state index is 12.5. The second-order valence-electron chi connectivity index (χ2n) is 7.59. The van der Waals surface area contributed by atoms with E-state index >= 15 is 0 Å². The number of carbonyl (C=O) groups excluding carboxylic acids is 1. The van der Waals surface area contributed by atoms with E-state index in [4.69, 9.17) is 10.5 Å². The average molecular weight is 457 g/mol. The highest BCUT2D eigenvalue weighted by Crippen LogP contribution is 2.29. The number of allylic oxidation sites excluding steroid dienone is 5. The summed E-state index contributed by atoms with van der Waals surface area (Å²) in [5.41, 5.74) is 3.96. The van der Waals surface area contributed by atoms with E-state index in [1.54, 1.807) is 12.4 Å². The fraction of sp³-hybridized carbons (Fsp3) is 0.409. The van der Waals surface area contributed by atoms with Gasteiger partial charge in [0.1, 0.15) is 10.7 Å². The molecule has 1 aliphatic carbocycles. The minimum atomic E-state index is -1.68. The number of aromatic nitrogens is 1. The van der Waals surface area contributed by atoms with Crippen LogP contribution >= 0.6 is 11.3 Å². The van der Waals surface area contributed by atoms with Crippen molar-refractivity contribution in [2.45, 2.75) is 19.6 Å². The van der Waals surface area contributed by atoms with Crippen LogP contribution in [0.15, 0.2) is 46.0 Å². The molecule has 4 N–H and O–H groups in total. The van der Waals surface area contributed by atoms with Gasteiger partial charge in [-0.15, -0.1) is 17.1 Å². The molecular weight excluding hydrogens is 428 g/mol. The van der Waals surface area contributed by atoms with Crippen molar-refractivity contribution in [2.24, 2.45) is 4.99 Å². The van der Waals surface area contributed by atoms with E-state index in [9.17, 15) is 9.90 Å². The zero-order valence-corrected chi connectivity index (χ0v) is 19.2. The summed E-state index contributed by atoms with van der Waals surface area (Å²) < 4.78 is 0. The molecule has 0 spiro atoms. The highest BCUT2D eigenvalue weighted by atomic mass is 32.1. The molecule has 1 aromatic rings. The Morgan fingerprint density at radius 2 is 2.22 bits per heavy atom. The Balaban J connectivity index is 1.84. The van der Waals surface area contributed by atoms with Gasteiger partial charge in [0.2, 0.25) is 0 Å². The minimum Gasteiger partial charge on any atom is -0.395 e. The van der Waals surface area contributed by atoms with Crippen molar-refractivity contribution in [1.82, 2.24) is 20.1 Å². The van der Waals surface area contributed by atoms with Gasteiger partial charge in [-0.2, -0.15) is 0 Å². The number of amidine groups is 1. The Morgan fingerprint density at radius 3 is 2.94 bits per heavy atom. The molecule has 32 heavy (non-hydrogen) atoms. The first-order valence-corrected chi connectivity index (χ1v) is 11.1. The normalized spacial score (nSPS) is 18.5. The molecule has 170 valence electrons. The number of rotatable bonds is 8. The van der Waals surface area contributed by atoms with E-state index in [-0.39, 0.29) is 37.3 Å². The number of aliphatic imine (C=N–C) groups is 1. The van der Waals surface area contributed by atoms with Gasteiger partial charge in [-0.25, -0.2) is 14.8 Å². The Bertz CT molecular complexity index is 1050. The first-order valence-electron chi connectivity index (χ1n) is 10.3. The fourth-order valence-corrected chi connectivity index (χ4v) is 4.21. The highest BCUT2D eigenvalue weighted by Gasteiger charge is 2.34. The van der Waals surface area contributed by atoms with Crippen LogP contribution in [-0.4, -0.2) is 82.4 Å². The molecule has 1 atom stereocenters. The van der Waals surface area contributed by atoms with E-state index in [0.717, 1.165) is 16.2 Å². The fourth-order valence-electron chi connectivity index (χ4n) is 3.29. The zero-order chi connectivity index (χ0) is 23.3. The molecule has 1 saturated heterocycles. The van der Waals surface area contributed by atoms with Crippen LogP contribution in [0.25, 0.3) is 5.57 Å². The lowest BCUT2D eigenvalue weighted by atomic mass is 10.2. The predicted octanol–water partition coefficient (Wildman–Crippen LogP) is 1.73. The second kappa shape index (κ2) is 10.2. The lowest BCUT2D eigenvalue weighted by molar-refractivity contribution is 0.0635. The molecule has 1 fully saturated rings. The summed E-state index contributed by atoms with van der Waals surface area (Å²) in [5.74, 6) is -0.0818. The van der Waals surface area contributed by atoms with Gasteiger partial charge in [-0.05, 0) is 38.6 Å². The molecule has 2 heterocycles. The summed E-state index contributed by atoms with van der Waals surface area (Å²) in [4.78, 5) is 24.3. The number of nitrogens with zero attached hydrogens (tertiary/aromatic N) is 4. The van der Waals surface area contributed by atoms with Crippen LogP contribution in [0, 0.1) is 5.41 Å². The Kier molecular flexibility index (Phi) is 7.55. The number of nitrogens with one attached hydrogen (secondary N) is 2. The van der Waals surface area contributed by atoms with Gasteiger partial charge in [-0.3, -0.25) is 10.3 Å². The summed E-state index contributed by atoms with van der Waals surface area (Å²) in [6.45, 7) is 4.50. The SMILES string of the molecule is CNCC(=NC(C)(O)c1csc(C2=CC=C=C(C)C=C2)n1)C(=N)N1CCN(CCO)C1=O. The second-order valence-corrected chi connectivity index (χ2v) is 8.45. The van der Waals surface area contributed by atoms with Gasteiger partial charge < -0.3 is 20.4 Å². The van der Waals surface area contributed by atoms with E-state index < -0.39 is 5.72 Å². The van der Waals surface area contributed by atoms with Crippen LogP contribution < -0.4 is 5.32 Å². The minimum absolute atomic E-state index is 0.0818. The monoisotopic (exact) mass is 456 g/mol. The predicted molar refractivity (Wildman–Crippen MR) is 126 cm³/mol. The molecule has 0 bridgehead atoms. The summed E-state index contributed by atoms with van der Waals surface area (Å²) >= 11 is 1.39. The van der Waals surface area contributed by atoms with Crippen LogP contribution in [0.3, 0.4) is 0 Å². The number of thiazole rings is 1. The van der Waals surface area contributed by atoms with Gasteiger partial charge in [0.25, 0.3) is 0 Å². The quantitative estimate of drug-likeness (QED) is 0.269. The third-order valence-electron chi connectivity index (χ3n) is 5.03. The third kappa shape index (κ3) is 5.29.